The van der Waals surface area contributed by atoms with Gasteiger partial charge in [-0.2, -0.15) is 10.4 Å². The summed E-state index contributed by atoms with van der Waals surface area (Å²) < 4.78 is 6.09. The van der Waals surface area contributed by atoms with Crippen LogP contribution in [0, 0.1) is 25.2 Å². The highest BCUT2D eigenvalue weighted by atomic mass is 16.5. The lowest BCUT2D eigenvalue weighted by Gasteiger charge is -2.10. The Kier molecular flexibility index (Phi) is 7.04. The van der Waals surface area contributed by atoms with E-state index in [9.17, 15) is 14.4 Å². The second-order valence-electron chi connectivity index (χ2n) is 6.28. The average Bonchev–Trinajstić information content (AvgIpc) is 2.67. The van der Waals surface area contributed by atoms with Crippen LogP contribution in [0.4, 0.5) is 5.69 Å². The second-order valence-corrected chi connectivity index (χ2v) is 6.28. The van der Waals surface area contributed by atoms with Gasteiger partial charge in [-0.1, -0.05) is 13.3 Å². The molecule has 0 aliphatic heterocycles. The molecule has 0 bridgehead atoms. The minimum atomic E-state index is -0.606. The first kappa shape index (κ1) is 20.8. The molecule has 0 aliphatic carbocycles. The number of nitrogens with one attached hydrogen (secondary N) is 1. The van der Waals surface area contributed by atoms with E-state index in [0.717, 1.165) is 17.5 Å². The van der Waals surface area contributed by atoms with Crippen LogP contribution in [-0.4, -0.2) is 28.3 Å². The molecular weight excluding hydrogens is 360 g/mol. The second kappa shape index (κ2) is 9.46. The minimum absolute atomic E-state index is 0.0220. The first-order chi connectivity index (χ1) is 13.4. The normalized spacial score (nSPS) is 10.2. The van der Waals surface area contributed by atoms with Crippen molar-refractivity contribution >= 4 is 17.6 Å². The number of nitrogens with zero attached hydrogens (tertiary/aromatic N) is 3. The Hall–Kier alpha value is -3.47. The van der Waals surface area contributed by atoms with Gasteiger partial charge in [-0.3, -0.25) is 9.59 Å². The number of benzene rings is 1. The summed E-state index contributed by atoms with van der Waals surface area (Å²) in [4.78, 5) is 36.3. The van der Waals surface area contributed by atoms with Crippen LogP contribution in [-0.2, 0) is 16.1 Å². The lowest BCUT2D eigenvalue weighted by molar-refractivity contribution is -0.117. The highest BCUT2D eigenvalue weighted by molar-refractivity contribution is 5.93. The lowest BCUT2D eigenvalue weighted by Crippen LogP contribution is -2.32. The van der Waals surface area contributed by atoms with Crippen molar-refractivity contribution in [2.75, 3.05) is 11.9 Å². The van der Waals surface area contributed by atoms with Crippen LogP contribution < -0.4 is 10.9 Å². The number of ether oxygens (including phenoxy) is 1. The van der Waals surface area contributed by atoms with Gasteiger partial charge in [-0.25, -0.2) is 9.48 Å². The minimum Gasteiger partial charge on any atom is -0.462 e. The Morgan fingerprint density at radius 3 is 2.54 bits per heavy atom. The number of carbonyl (C=O) groups is 2. The molecule has 8 heteroatoms. The molecule has 0 spiro atoms. The van der Waals surface area contributed by atoms with Crippen LogP contribution in [0.25, 0.3) is 0 Å². The molecule has 2 rings (SSSR count). The van der Waals surface area contributed by atoms with Gasteiger partial charge in [0.2, 0.25) is 5.91 Å². The van der Waals surface area contributed by atoms with Gasteiger partial charge in [0.25, 0.3) is 5.56 Å². The maximum atomic E-state index is 12.2. The predicted octanol–water partition coefficient (Wildman–Crippen LogP) is 2.33. The molecule has 0 atom stereocenters. The SMILES string of the molecule is CCCCOC(=O)c1ccc(NC(=O)Cn2nc(C)c(C)c(C#N)c2=O)cc1. The van der Waals surface area contributed by atoms with Gasteiger partial charge in [0, 0.05) is 5.69 Å². The van der Waals surface area contributed by atoms with E-state index in [1.54, 1.807) is 38.1 Å². The summed E-state index contributed by atoms with van der Waals surface area (Å²) in [5, 5.41) is 15.8. The average molecular weight is 382 g/mol. The van der Waals surface area contributed by atoms with E-state index in [4.69, 9.17) is 10.00 Å². The van der Waals surface area contributed by atoms with Crippen molar-refractivity contribution in [1.29, 1.82) is 5.26 Å². The number of esters is 1. The van der Waals surface area contributed by atoms with Crippen LogP contribution in [0.2, 0.25) is 0 Å². The van der Waals surface area contributed by atoms with Gasteiger partial charge < -0.3 is 10.1 Å². The van der Waals surface area contributed by atoms with Crippen LogP contribution in [0.3, 0.4) is 0 Å². The van der Waals surface area contributed by atoms with Gasteiger partial charge in [0.1, 0.15) is 18.2 Å². The van der Waals surface area contributed by atoms with E-state index >= 15 is 0 Å². The Balaban J connectivity index is 2.04. The van der Waals surface area contributed by atoms with Crippen molar-refractivity contribution in [3.05, 3.63) is 57.0 Å². The number of nitriles is 1. The third-order valence-electron chi connectivity index (χ3n) is 4.18. The number of amides is 1. The summed E-state index contributed by atoms with van der Waals surface area (Å²) in [6.07, 6.45) is 1.74. The Bertz CT molecular complexity index is 971. The van der Waals surface area contributed by atoms with Gasteiger partial charge in [0.05, 0.1) is 17.9 Å². The molecule has 28 heavy (non-hydrogen) atoms. The van der Waals surface area contributed by atoms with Crippen LogP contribution in [0.5, 0.6) is 0 Å². The van der Waals surface area contributed by atoms with Gasteiger partial charge in [-0.15, -0.1) is 0 Å². The highest BCUT2D eigenvalue weighted by Gasteiger charge is 2.14. The molecule has 146 valence electrons. The van der Waals surface area contributed by atoms with Gasteiger partial charge in [0.15, 0.2) is 0 Å². The monoisotopic (exact) mass is 382 g/mol. The summed E-state index contributed by atoms with van der Waals surface area (Å²) >= 11 is 0. The fourth-order valence-electron chi connectivity index (χ4n) is 2.43. The number of aryl methyl sites for hydroxylation is 1. The molecule has 1 heterocycles. The van der Waals surface area contributed by atoms with Crippen molar-refractivity contribution in [1.82, 2.24) is 9.78 Å². The Labute approximate surface area is 162 Å². The number of rotatable bonds is 7. The number of aromatic nitrogens is 2. The molecule has 0 unspecified atom stereocenters. The third-order valence-corrected chi connectivity index (χ3v) is 4.18. The van der Waals surface area contributed by atoms with Crippen molar-refractivity contribution < 1.29 is 14.3 Å². The number of anilines is 1. The van der Waals surface area contributed by atoms with E-state index < -0.39 is 17.4 Å². The fourth-order valence-corrected chi connectivity index (χ4v) is 2.43. The molecule has 0 fully saturated rings. The van der Waals surface area contributed by atoms with Gasteiger partial charge in [-0.05, 0) is 50.1 Å². The van der Waals surface area contributed by atoms with Crippen molar-refractivity contribution in [2.45, 2.75) is 40.2 Å². The van der Waals surface area contributed by atoms with Crippen LogP contribution in [0.1, 0.15) is 46.9 Å². The first-order valence-electron chi connectivity index (χ1n) is 8.92. The summed E-state index contributed by atoms with van der Waals surface area (Å²) in [5.74, 6) is -0.888. The van der Waals surface area contributed by atoms with E-state index in [-0.39, 0.29) is 12.1 Å². The number of hydrogen-bond acceptors (Lipinski definition) is 6. The summed E-state index contributed by atoms with van der Waals surface area (Å²) in [5.41, 5.74) is 1.24. The van der Waals surface area contributed by atoms with Crippen molar-refractivity contribution in [3.8, 4) is 6.07 Å². The van der Waals surface area contributed by atoms with Gasteiger partial charge >= 0.3 is 5.97 Å². The molecule has 2 aromatic rings. The van der Waals surface area contributed by atoms with Crippen LogP contribution in [0.15, 0.2) is 29.1 Å². The maximum absolute atomic E-state index is 12.2. The Morgan fingerprint density at radius 1 is 1.25 bits per heavy atom. The third kappa shape index (κ3) is 5.04. The smallest absolute Gasteiger partial charge is 0.338 e. The molecule has 0 saturated carbocycles. The summed E-state index contributed by atoms with van der Waals surface area (Å²) in [7, 11) is 0. The zero-order valence-corrected chi connectivity index (χ0v) is 16.1. The van der Waals surface area contributed by atoms with E-state index in [1.807, 2.05) is 13.0 Å². The topological polar surface area (TPSA) is 114 Å². The molecule has 8 nitrogen and oxygen atoms in total. The molecule has 0 radical (unpaired) electrons. The zero-order chi connectivity index (χ0) is 20.7. The molecular formula is C20H22N4O4. The number of unbranched alkanes of at least 4 members (excludes halogenated alkanes) is 1. The molecule has 1 aromatic carbocycles. The number of carbonyl (C=O) groups excluding carboxylic acids is 2. The molecule has 1 amide bonds. The molecule has 1 N–H and O–H groups in total. The molecule has 0 aliphatic rings. The summed E-state index contributed by atoms with van der Waals surface area (Å²) in [6, 6.07) is 8.11. The van der Waals surface area contributed by atoms with Crippen molar-refractivity contribution in [3.63, 3.8) is 0 Å². The highest BCUT2D eigenvalue weighted by Crippen LogP contribution is 2.11. The fraction of sp³-hybridized carbons (Fsp3) is 0.350. The van der Waals surface area contributed by atoms with E-state index in [1.165, 1.54) is 0 Å². The lowest BCUT2D eigenvalue weighted by atomic mass is 10.1. The van der Waals surface area contributed by atoms with E-state index in [2.05, 4.69) is 10.4 Å². The first-order valence-corrected chi connectivity index (χ1v) is 8.92. The predicted molar refractivity (Wildman–Crippen MR) is 103 cm³/mol. The quantitative estimate of drug-likeness (QED) is 0.581. The molecule has 1 aromatic heterocycles. The summed E-state index contributed by atoms with van der Waals surface area (Å²) in [6.45, 7) is 5.36. The maximum Gasteiger partial charge on any atom is 0.338 e. The number of hydrogen-bond donors (Lipinski definition) is 1. The largest absolute Gasteiger partial charge is 0.462 e. The standard InChI is InChI=1S/C20H22N4O4/c1-4-5-10-28-20(27)15-6-8-16(9-7-15)22-18(25)12-24-19(26)17(11-21)13(2)14(3)23-24/h6-9H,4-5,10,12H2,1-3H3,(H,22,25). The van der Waals surface area contributed by atoms with E-state index in [0.29, 0.717) is 29.1 Å². The Morgan fingerprint density at radius 2 is 1.93 bits per heavy atom. The van der Waals surface area contributed by atoms with Crippen molar-refractivity contribution in [2.24, 2.45) is 0 Å². The van der Waals surface area contributed by atoms with Crippen LogP contribution >= 0.6 is 0 Å². The zero-order valence-electron chi connectivity index (χ0n) is 16.1. The molecule has 0 saturated heterocycles.